The van der Waals surface area contributed by atoms with Crippen LogP contribution in [0, 0.1) is 20.8 Å². The number of thiazole rings is 1. The average molecular weight is 399 g/mol. The molecule has 0 aliphatic heterocycles. The first-order valence-electron chi connectivity index (χ1n) is 7.44. The van der Waals surface area contributed by atoms with Gasteiger partial charge in [-0.05, 0) is 32.4 Å². The van der Waals surface area contributed by atoms with Crippen LogP contribution in [0.5, 0.6) is 0 Å². The third kappa shape index (κ3) is 6.90. The van der Waals surface area contributed by atoms with Crippen molar-refractivity contribution in [3.05, 3.63) is 34.2 Å². The number of hydrogen-bond donors (Lipinski definition) is 3. The van der Waals surface area contributed by atoms with Crippen LogP contribution in [0.15, 0.2) is 18.2 Å². The molecule has 0 bridgehead atoms. The molecular weight excluding hydrogens is 378 g/mol. The van der Waals surface area contributed by atoms with Crippen LogP contribution in [0.1, 0.15) is 16.0 Å². The molecule has 26 heavy (non-hydrogen) atoms. The Bertz CT molecular complexity index is 891. The highest BCUT2D eigenvalue weighted by molar-refractivity contribution is 7.88. The van der Waals surface area contributed by atoms with Crippen molar-refractivity contribution in [2.75, 3.05) is 18.1 Å². The highest BCUT2D eigenvalue weighted by atomic mass is 32.2. The number of aromatic nitrogens is 1. The molecule has 142 valence electrons. The Hall–Kier alpha value is -2.30. The van der Waals surface area contributed by atoms with Gasteiger partial charge in [0.2, 0.25) is 15.9 Å². The standard InChI is InChI=1S/C15H19N3O3S2.CH2O2/c1-9-5-6-10(2)12(7-9)14-11(3)22-15(18-14)17-13(19)8-16-23(4,20)21;2-1-3/h5-7,16H,8H2,1-4H3,(H,17,18,19);1H,(H,2,3). The molecule has 0 radical (unpaired) electrons. The Kier molecular flexibility index (Phi) is 7.87. The van der Waals surface area contributed by atoms with Gasteiger partial charge in [-0.3, -0.25) is 9.59 Å². The predicted molar refractivity (Wildman–Crippen MR) is 102 cm³/mol. The minimum absolute atomic E-state index is 0.250. The predicted octanol–water partition coefficient (Wildman–Crippen LogP) is 1.92. The number of carboxylic acid groups (broad SMARTS) is 1. The van der Waals surface area contributed by atoms with Crippen molar-refractivity contribution in [1.82, 2.24) is 9.71 Å². The maximum absolute atomic E-state index is 11.8. The molecule has 0 spiro atoms. The van der Waals surface area contributed by atoms with Crippen LogP contribution < -0.4 is 10.0 Å². The number of anilines is 1. The molecule has 0 atom stereocenters. The molecular formula is C16H21N3O5S2. The van der Waals surface area contributed by atoms with Crippen molar-refractivity contribution in [3.8, 4) is 11.3 Å². The van der Waals surface area contributed by atoms with Gasteiger partial charge >= 0.3 is 0 Å². The van der Waals surface area contributed by atoms with Gasteiger partial charge in [-0.2, -0.15) is 0 Å². The van der Waals surface area contributed by atoms with Gasteiger partial charge in [0.15, 0.2) is 5.13 Å². The molecule has 3 N–H and O–H groups in total. The van der Waals surface area contributed by atoms with Crippen LogP contribution in [0.4, 0.5) is 5.13 Å². The number of carbonyl (C=O) groups excluding carboxylic acids is 1. The highest BCUT2D eigenvalue weighted by Gasteiger charge is 2.14. The van der Waals surface area contributed by atoms with E-state index in [1.807, 2.05) is 32.9 Å². The van der Waals surface area contributed by atoms with E-state index in [9.17, 15) is 13.2 Å². The minimum Gasteiger partial charge on any atom is -0.483 e. The smallest absolute Gasteiger partial charge is 0.290 e. The molecule has 2 rings (SSSR count). The first kappa shape index (κ1) is 21.7. The fourth-order valence-electron chi connectivity index (χ4n) is 2.05. The van der Waals surface area contributed by atoms with E-state index in [1.54, 1.807) is 0 Å². The fourth-order valence-corrected chi connectivity index (χ4v) is 3.29. The second-order valence-electron chi connectivity index (χ2n) is 5.49. The molecule has 0 saturated carbocycles. The monoisotopic (exact) mass is 399 g/mol. The van der Waals surface area contributed by atoms with E-state index in [-0.39, 0.29) is 13.0 Å². The summed E-state index contributed by atoms with van der Waals surface area (Å²) in [4.78, 5) is 25.6. The first-order chi connectivity index (χ1) is 12.1. The quantitative estimate of drug-likeness (QED) is 0.660. The lowest BCUT2D eigenvalue weighted by Gasteiger charge is -2.05. The van der Waals surface area contributed by atoms with E-state index < -0.39 is 15.9 Å². The molecule has 10 heteroatoms. The summed E-state index contributed by atoms with van der Waals surface area (Å²) < 4.78 is 24.1. The van der Waals surface area contributed by atoms with Crippen LogP contribution in [0.25, 0.3) is 11.3 Å². The maximum Gasteiger partial charge on any atom is 0.290 e. The van der Waals surface area contributed by atoms with Crippen LogP contribution in [-0.2, 0) is 19.6 Å². The number of rotatable bonds is 5. The van der Waals surface area contributed by atoms with E-state index in [4.69, 9.17) is 9.90 Å². The van der Waals surface area contributed by atoms with Crippen molar-refractivity contribution < 1.29 is 23.1 Å². The van der Waals surface area contributed by atoms with Crippen LogP contribution in [0.3, 0.4) is 0 Å². The number of nitrogens with one attached hydrogen (secondary N) is 2. The number of hydrogen-bond acceptors (Lipinski definition) is 6. The molecule has 0 saturated heterocycles. The first-order valence-corrected chi connectivity index (χ1v) is 10.2. The maximum atomic E-state index is 11.8. The fraction of sp³-hybridized carbons (Fsp3) is 0.312. The second-order valence-corrected chi connectivity index (χ2v) is 8.53. The van der Waals surface area contributed by atoms with Gasteiger partial charge in [-0.25, -0.2) is 18.1 Å². The van der Waals surface area contributed by atoms with Gasteiger partial charge in [0, 0.05) is 10.4 Å². The zero-order valence-electron chi connectivity index (χ0n) is 14.9. The van der Waals surface area contributed by atoms with Crippen molar-refractivity contribution >= 4 is 38.9 Å². The summed E-state index contributed by atoms with van der Waals surface area (Å²) in [7, 11) is -3.40. The van der Waals surface area contributed by atoms with Gasteiger partial charge < -0.3 is 10.4 Å². The Morgan fingerprint density at radius 2 is 1.92 bits per heavy atom. The lowest BCUT2D eigenvalue weighted by molar-refractivity contribution is -0.123. The SMILES string of the molecule is Cc1ccc(C)c(-c2nc(NC(=O)CNS(C)(=O)=O)sc2C)c1.O=CO. The number of sulfonamides is 1. The molecule has 1 aromatic carbocycles. The zero-order chi connectivity index (χ0) is 19.9. The summed E-state index contributed by atoms with van der Waals surface area (Å²) in [5.74, 6) is -0.448. The van der Waals surface area contributed by atoms with Crippen LogP contribution in [0.2, 0.25) is 0 Å². The average Bonchev–Trinajstić information content (AvgIpc) is 2.88. The van der Waals surface area contributed by atoms with E-state index in [0.717, 1.165) is 33.5 Å². The van der Waals surface area contributed by atoms with Crippen LogP contribution >= 0.6 is 11.3 Å². The molecule has 8 nitrogen and oxygen atoms in total. The molecule has 1 heterocycles. The number of carbonyl (C=O) groups is 2. The van der Waals surface area contributed by atoms with E-state index in [0.29, 0.717) is 5.13 Å². The topological polar surface area (TPSA) is 125 Å². The van der Waals surface area contributed by atoms with Gasteiger partial charge in [-0.1, -0.05) is 17.7 Å². The third-order valence-corrected chi connectivity index (χ3v) is 4.74. The van der Waals surface area contributed by atoms with Crippen molar-refractivity contribution in [1.29, 1.82) is 0 Å². The molecule has 1 aromatic heterocycles. The van der Waals surface area contributed by atoms with E-state index in [1.165, 1.54) is 11.3 Å². The number of amides is 1. The molecule has 0 fully saturated rings. The third-order valence-electron chi connectivity index (χ3n) is 3.19. The lowest BCUT2D eigenvalue weighted by atomic mass is 10.0. The van der Waals surface area contributed by atoms with Gasteiger partial charge in [0.25, 0.3) is 6.47 Å². The number of aryl methyl sites for hydroxylation is 3. The summed E-state index contributed by atoms with van der Waals surface area (Å²) >= 11 is 1.37. The van der Waals surface area contributed by atoms with Gasteiger partial charge in [-0.15, -0.1) is 11.3 Å². The van der Waals surface area contributed by atoms with Gasteiger partial charge in [0.05, 0.1) is 18.5 Å². The molecule has 0 aliphatic rings. The van der Waals surface area contributed by atoms with Crippen molar-refractivity contribution in [2.45, 2.75) is 20.8 Å². The molecule has 0 unspecified atom stereocenters. The second kappa shape index (κ2) is 9.41. The molecule has 2 aromatic rings. The number of benzene rings is 1. The largest absolute Gasteiger partial charge is 0.483 e. The van der Waals surface area contributed by atoms with Crippen molar-refractivity contribution in [3.63, 3.8) is 0 Å². The normalized spacial score (nSPS) is 10.6. The Morgan fingerprint density at radius 3 is 2.50 bits per heavy atom. The highest BCUT2D eigenvalue weighted by Crippen LogP contribution is 2.32. The Balaban J connectivity index is 0.00000105. The van der Waals surface area contributed by atoms with Crippen molar-refractivity contribution in [2.24, 2.45) is 0 Å². The molecule has 1 amide bonds. The Labute approximate surface area is 156 Å². The van der Waals surface area contributed by atoms with E-state index >= 15 is 0 Å². The van der Waals surface area contributed by atoms with E-state index in [2.05, 4.69) is 21.1 Å². The summed E-state index contributed by atoms with van der Waals surface area (Å²) in [6, 6.07) is 6.14. The number of nitrogens with zero attached hydrogens (tertiary/aromatic N) is 1. The summed E-state index contributed by atoms with van der Waals surface area (Å²) in [5, 5.41) is 9.97. The Morgan fingerprint density at radius 1 is 1.31 bits per heavy atom. The van der Waals surface area contributed by atoms with Crippen LogP contribution in [-0.4, -0.2) is 43.7 Å². The summed E-state index contributed by atoms with van der Waals surface area (Å²) in [5.41, 5.74) is 4.12. The molecule has 0 aliphatic carbocycles. The summed E-state index contributed by atoms with van der Waals surface area (Å²) in [6.07, 6.45) is 1.01. The lowest BCUT2D eigenvalue weighted by Crippen LogP contribution is -2.32. The minimum atomic E-state index is -3.40. The summed E-state index contributed by atoms with van der Waals surface area (Å²) in [6.45, 7) is 5.42. The van der Waals surface area contributed by atoms with Gasteiger partial charge in [0.1, 0.15) is 0 Å². The zero-order valence-corrected chi connectivity index (χ0v) is 16.5.